The third-order valence-corrected chi connectivity index (χ3v) is 3.81. The maximum atomic E-state index is 12.5. The SMILES string of the molecule is CCCc1c(C(=O)NCCOc2ccccc2)[nH]c(C)c1C(=O)OC. The lowest BCUT2D eigenvalue weighted by Gasteiger charge is -2.08. The predicted molar refractivity (Wildman–Crippen MR) is 95.1 cm³/mol. The standard InChI is InChI=1S/C19H24N2O4/c1-4-8-15-16(19(23)24-3)13(2)21-17(15)18(22)20-11-12-25-14-9-6-5-7-10-14/h5-7,9-10,21H,4,8,11-12H2,1-3H3,(H,20,22). The van der Waals surface area contributed by atoms with Crippen molar-refractivity contribution < 1.29 is 19.1 Å². The molecule has 0 aliphatic carbocycles. The number of aryl methyl sites for hydroxylation is 1. The summed E-state index contributed by atoms with van der Waals surface area (Å²) in [6, 6.07) is 9.41. The average Bonchev–Trinajstić information content (AvgIpc) is 2.95. The topological polar surface area (TPSA) is 80.4 Å². The van der Waals surface area contributed by atoms with Gasteiger partial charge in [0.05, 0.1) is 19.2 Å². The zero-order valence-electron chi connectivity index (χ0n) is 14.8. The summed E-state index contributed by atoms with van der Waals surface area (Å²) in [4.78, 5) is 27.5. The highest BCUT2D eigenvalue weighted by atomic mass is 16.5. The number of hydrogen-bond acceptors (Lipinski definition) is 4. The minimum Gasteiger partial charge on any atom is -0.492 e. The molecule has 0 atom stereocenters. The average molecular weight is 344 g/mol. The second kappa shape index (κ2) is 8.92. The Balaban J connectivity index is 2.02. The monoisotopic (exact) mass is 344 g/mol. The van der Waals surface area contributed by atoms with E-state index in [2.05, 4.69) is 10.3 Å². The highest BCUT2D eigenvalue weighted by Gasteiger charge is 2.24. The van der Waals surface area contributed by atoms with Crippen molar-refractivity contribution in [2.45, 2.75) is 26.7 Å². The van der Waals surface area contributed by atoms with Gasteiger partial charge in [-0.25, -0.2) is 4.79 Å². The molecule has 1 aromatic heterocycles. The molecule has 1 aromatic carbocycles. The molecule has 0 aliphatic rings. The molecule has 25 heavy (non-hydrogen) atoms. The zero-order valence-corrected chi connectivity index (χ0v) is 14.8. The van der Waals surface area contributed by atoms with E-state index in [4.69, 9.17) is 9.47 Å². The van der Waals surface area contributed by atoms with E-state index in [-0.39, 0.29) is 5.91 Å². The van der Waals surface area contributed by atoms with Gasteiger partial charge in [0, 0.05) is 5.69 Å². The number of carbonyl (C=O) groups is 2. The Hall–Kier alpha value is -2.76. The molecule has 2 rings (SSSR count). The van der Waals surface area contributed by atoms with Crippen LogP contribution in [0.2, 0.25) is 0 Å². The quantitative estimate of drug-likeness (QED) is 0.570. The number of carbonyl (C=O) groups excluding carboxylic acids is 2. The Morgan fingerprint density at radius 1 is 1.20 bits per heavy atom. The second-order valence-corrected chi connectivity index (χ2v) is 5.64. The first kappa shape index (κ1) is 18.6. The van der Waals surface area contributed by atoms with Crippen LogP contribution in [0.3, 0.4) is 0 Å². The van der Waals surface area contributed by atoms with Gasteiger partial charge in [0.25, 0.3) is 5.91 Å². The number of benzene rings is 1. The van der Waals surface area contributed by atoms with Crippen molar-refractivity contribution in [2.75, 3.05) is 20.3 Å². The molecule has 2 aromatic rings. The van der Waals surface area contributed by atoms with Crippen molar-refractivity contribution in [3.63, 3.8) is 0 Å². The Morgan fingerprint density at radius 2 is 1.92 bits per heavy atom. The van der Waals surface area contributed by atoms with E-state index in [1.807, 2.05) is 37.3 Å². The number of aromatic amines is 1. The predicted octanol–water partition coefficient (Wildman–Crippen LogP) is 2.87. The number of rotatable bonds is 8. The van der Waals surface area contributed by atoms with Gasteiger partial charge in [-0.2, -0.15) is 0 Å². The Bertz CT molecular complexity index is 723. The first-order valence-corrected chi connectivity index (χ1v) is 8.34. The summed E-state index contributed by atoms with van der Waals surface area (Å²) in [7, 11) is 1.34. The summed E-state index contributed by atoms with van der Waals surface area (Å²) >= 11 is 0. The lowest BCUT2D eigenvalue weighted by molar-refractivity contribution is 0.0599. The van der Waals surface area contributed by atoms with Crippen LogP contribution in [0.4, 0.5) is 0 Å². The van der Waals surface area contributed by atoms with Crippen molar-refractivity contribution in [3.05, 3.63) is 52.8 Å². The summed E-state index contributed by atoms with van der Waals surface area (Å²) in [5.41, 5.74) is 2.21. The van der Waals surface area contributed by atoms with Gasteiger partial charge < -0.3 is 19.8 Å². The van der Waals surface area contributed by atoms with Crippen LogP contribution in [0.5, 0.6) is 5.75 Å². The summed E-state index contributed by atoms with van der Waals surface area (Å²) in [5.74, 6) is 0.0779. The van der Waals surface area contributed by atoms with E-state index in [1.54, 1.807) is 6.92 Å². The molecule has 0 radical (unpaired) electrons. The number of esters is 1. The minimum absolute atomic E-state index is 0.252. The van der Waals surface area contributed by atoms with Crippen LogP contribution in [0.25, 0.3) is 0 Å². The molecule has 6 heteroatoms. The highest BCUT2D eigenvalue weighted by Crippen LogP contribution is 2.21. The molecule has 0 saturated carbocycles. The van der Waals surface area contributed by atoms with Gasteiger partial charge in [0.15, 0.2) is 0 Å². The van der Waals surface area contributed by atoms with Crippen molar-refractivity contribution >= 4 is 11.9 Å². The van der Waals surface area contributed by atoms with Crippen molar-refractivity contribution in [1.29, 1.82) is 0 Å². The fraction of sp³-hybridized carbons (Fsp3) is 0.368. The van der Waals surface area contributed by atoms with Crippen molar-refractivity contribution in [3.8, 4) is 5.75 Å². The lowest BCUT2D eigenvalue weighted by atomic mass is 10.0. The minimum atomic E-state index is -0.427. The Labute approximate surface area is 147 Å². The Morgan fingerprint density at radius 3 is 2.56 bits per heavy atom. The van der Waals surface area contributed by atoms with Crippen LogP contribution >= 0.6 is 0 Å². The third kappa shape index (κ3) is 4.62. The molecule has 0 fully saturated rings. The normalized spacial score (nSPS) is 10.4. The number of H-pyrrole nitrogens is 1. The number of ether oxygens (including phenoxy) is 2. The number of aromatic nitrogens is 1. The lowest BCUT2D eigenvalue weighted by Crippen LogP contribution is -2.29. The van der Waals surface area contributed by atoms with Gasteiger partial charge in [-0.3, -0.25) is 4.79 Å². The molecule has 0 saturated heterocycles. The van der Waals surface area contributed by atoms with Gasteiger partial charge in [-0.05, 0) is 31.0 Å². The van der Waals surface area contributed by atoms with Crippen LogP contribution in [-0.4, -0.2) is 37.1 Å². The number of para-hydroxylation sites is 1. The van der Waals surface area contributed by atoms with Crippen LogP contribution in [0.15, 0.2) is 30.3 Å². The van der Waals surface area contributed by atoms with Crippen LogP contribution < -0.4 is 10.1 Å². The second-order valence-electron chi connectivity index (χ2n) is 5.64. The molecule has 2 N–H and O–H groups in total. The van der Waals surface area contributed by atoms with Crippen molar-refractivity contribution in [2.24, 2.45) is 0 Å². The van der Waals surface area contributed by atoms with E-state index < -0.39 is 5.97 Å². The number of methoxy groups -OCH3 is 1. The van der Waals surface area contributed by atoms with Crippen LogP contribution in [0.1, 0.15) is 45.4 Å². The van der Waals surface area contributed by atoms with E-state index in [9.17, 15) is 9.59 Å². The van der Waals surface area contributed by atoms with Crippen molar-refractivity contribution in [1.82, 2.24) is 10.3 Å². The van der Waals surface area contributed by atoms with Gasteiger partial charge in [0.2, 0.25) is 0 Å². The van der Waals surface area contributed by atoms with Gasteiger partial charge in [-0.15, -0.1) is 0 Å². The molecule has 0 spiro atoms. The summed E-state index contributed by atoms with van der Waals surface area (Å²) in [6.45, 7) is 4.49. The largest absolute Gasteiger partial charge is 0.492 e. The molecule has 0 aliphatic heterocycles. The number of hydrogen-bond donors (Lipinski definition) is 2. The van der Waals surface area contributed by atoms with E-state index in [0.29, 0.717) is 42.1 Å². The van der Waals surface area contributed by atoms with Gasteiger partial charge in [-0.1, -0.05) is 31.5 Å². The van der Waals surface area contributed by atoms with Crippen LogP contribution in [0, 0.1) is 6.92 Å². The summed E-state index contributed by atoms with van der Waals surface area (Å²) in [5, 5.41) is 2.82. The van der Waals surface area contributed by atoms with E-state index in [0.717, 1.165) is 12.2 Å². The molecular weight excluding hydrogens is 320 g/mol. The molecule has 1 heterocycles. The fourth-order valence-corrected chi connectivity index (χ4v) is 2.69. The van der Waals surface area contributed by atoms with Gasteiger partial charge in [0.1, 0.15) is 18.1 Å². The highest BCUT2D eigenvalue weighted by molar-refractivity contribution is 6.00. The van der Waals surface area contributed by atoms with E-state index >= 15 is 0 Å². The first-order valence-electron chi connectivity index (χ1n) is 8.34. The zero-order chi connectivity index (χ0) is 18.2. The smallest absolute Gasteiger partial charge is 0.339 e. The fourth-order valence-electron chi connectivity index (χ4n) is 2.69. The first-order chi connectivity index (χ1) is 12.1. The van der Waals surface area contributed by atoms with Crippen LogP contribution in [-0.2, 0) is 11.2 Å². The molecule has 0 unspecified atom stereocenters. The maximum Gasteiger partial charge on any atom is 0.339 e. The van der Waals surface area contributed by atoms with Gasteiger partial charge >= 0.3 is 5.97 Å². The maximum absolute atomic E-state index is 12.5. The Kier molecular flexibility index (Phi) is 6.62. The number of nitrogens with one attached hydrogen (secondary N) is 2. The summed E-state index contributed by atoms with van der Waals surface area (Å²) in [6.07, 6.45) is 1.44. The molecular formula is C19H24N2O4. The number of amides is 1. The summed E-state index contributed by atoms with van der Waals surface area (Å²) < 4.78 is 10.4. The molecule has 134 valence electrons. The molecule has 1 amide bonds. The molecule has 0 bridgehead atoms. The third-order valence-electron chi connectivity index (χ3n) is 3.81. The molecule has 6 nitrogen and oxygen atoms in total. The van der Waals surface area contributed by atoms with E-state index in [1.165, 1.54) is 7.11 Å².